The van der Waals surface area contributed by atoms with Gasteiger partial charge in [0, 0.05) is 11.6 Å². The van der Waals surface area contributed by atoms with Crippen molar-refractivity contribution < 1.29 is 18.8 Å². The van der Waals surface area contributed by atoms with Crippen LogP contribution >= 0.6 is 0 Å². The lowest BCUT2D eigenvalue weighted by Gasteiger charge is -2.17. The molecule has 1 fully saturated rings. The second-order valence-corrected chi connectivity index (χ2v) is 5.49. The molecule has 7 nitrogen and oxygen atoms in total. The molecule has 1 aliphatic rings. The molecule has 23 heavy (non-hydrogen) atoms. The molecule has 7 heteroatoms. The third-order valence-corrected chi connectivity index (χ3v) is 3.58. The van der Waals surface area contributed by atoms with E-state index in [0.717, 1.165) is 12.8 Å². The van der Waals surface area contributed by atoms with Gasteiger partial charge in [-0.1, -0.05) is 35.5 Å². The summed E-state index contributed by atoms with van der Waals surface area (Å²) in [4.78, 5) is 24.8. The molecule has 1 saturated carbocycles. The number of carbonyl (C=O) groups excluding carboxylic acids is 2. The zero-order chi connectivity index (χ0) is 16.4. The molecule has 2 aromatic rings. The summed E-state index contributed by atoms with van der Waals surface area (Å²) in [5.41, 5.74) is 6.55. The number of nitrogens with one attached hydrogen (secondary N) is 1. The van der Waals surface area contributed by atoms with Crippen molar-refractivity contribution in [1.29, 1.82) is 0 Å². The van der Waals surface area contributed by atoms with E-state index in [0.29, 0.717) is 11.3 Å². The minimum Gasteiger partial charge on any atom is -0.443 e. The topological polar surface area (TPSA) is 107 Å². The van der Waals surface area contributed by atoms with Crippen molar-refractivity contribution in [3.8, 4) is 0 Å². The van der Waals surface area contributed by atoms with E-state index < -0.39 is 12.1 Å². The Morgan fingerprint density at radius 3 is 2.61 bits per heavy atom. The average molecular weight is 315 g/mol. The number of benzene rings is 1. The smallest absolute Gasteiger partial charge is 0.346 e. The zero-order valence-electron chi connectivity index (χ0n) is 12.6. The second kappa shape index (κ2) is 6.12. The molecule has 1 aliphatic carbocycles. The fourth-order valence-electron chi connectivity index (χ4n) is 2.21. The molecule has 0 radical (unpaired) electrons. The number of nitrogens with zero attached hydrogens (tertiary/aromatic N) is 1. The lowest BCUT2D eigenvalue weighted by Crippen LogP contribution is -2.33. The summed E-state index contributed by atoms with van der Waals surface area (Å²) >= 11 is 0. The van der Waals surface area contributed by atoms with Crippen molar-refractivity contribution in [2.45, 2.75) is 31.9 Å². The molecule has 1 amide bonds. The van der Waals surface area contributed by atoms with Crippen LogP contribution in [0.4, 0.5) is 5.88 Å². The number of esters is 1. The van der Waals surface area contributed by atoms with Crippen LogP contribution in [-0.4, -0.2) is 23.1 Å². The average Bonchev–Trinajstić information content (AvgIpc) is 3.29. The Kier molecular flexibility index (Phi) is 4.01. The highest BCUT2D eigenvalue weighted by atomic mass is 16.6. The molecule has 3 N–H and O–H groups in total. The van der Waals surface area contributed by atoms with Crippen LogP contribution in [-0.2, 0) is 9.53 Å². The van der Waals surface area contributed by atoms with Crippen molar-refractivity contribution in [2.24, 2.45) is 0 Å². The minimum absolute atomic E-state index is 0.0464. The molecule has 0 bridgehead atoms. The molecule has 0 unspecified atom stereocenters. The number of carbonyl (C=O) groups is 2. The van der Waals surface area contributed by atoms with Crippen molar-refractivity contribution in [2.75, 3.05) is 5.73 Å². The fourth-order valence-corrected chi connectivity index (χ4v) is 2.21. The van der Waals surface area contributed by atoms with Gasteiger partial charge in [0.15, 0.2) is 0 Å². The molecular weight excluding hydrogens is 298 g/mol. The summed E-state index contributed by atoms with van der Waals surface area (Å²) in [6.07, 6.45) is 0.843. The van der Waals surface area contributed by atoms with Gasteiger partial charge in [-0.2, -0.15) is 0 Å². The Bertz CT molecular complexity index is 703. The van der Waals surface area contributed by atoms with Gasteiger partial charge in [-0.05, 0) is 19.8 Å². The van der Waals surface area contributed by atoms with Gasteiger partial charge in [-0.15, -0.1) is 0 Å². The van der Waals surface area contributed by atoms with E-state index in [9.17, 15) is 9.59 Å². The molecule has 1 aromatic heterocycles. The lowest BCUT2D eigenvalue weighted by molar-refractivity contribution is -0.130. The van der Waals surface area contributed by atoms with Crippen molar-refractivity contribution >= 4 is 17.8 Å². The van der Waals surface area contributed by atoms with Gasteiger partial charge in [0.05, 0.1) is 5.69 Å². The van der Waals surface area contributed by atoms with Crippen molar-refractivity contribution in [3.05, 3.63) is 47.2 Å². The van der Waals surface area contributed by atoms with E-state index in [2.05, 4.69) is 10.5 Å². The van der Waals surface area contributed by atoms with E-state index in [1.807, 2.05) is 6.07 Å². The third kappa shape index (κ3) is 3.33. The van der Waals surface area contributed by atoms with E-state index >= 15 is 0 Å². The van der Waals surface area contributed by atoms with E-state index in [1.54, 1.807) is 31.2 Å². The number of hydrogen-bond acceptors (Lipinski definition) is 6. The molecular formula is C16H17N3O4. The first-order valence-electron chi connectivity index (χ1n) is 7.34. The predicted octanol–water partition coefficient (Wildman–Crippen LogP) is 1.74. The highest BCUT2D eigenvalue weighted by molar-refractivity contribution is 5.97. The number of nitrogen functional groups attached to an aromatic ring is 1. The number of aromatic nitrogens is 1. The number of hydrogen-bond donors (Lipinski definition) is 2. The molecule has 0 spiro atoms. The Morgan fingerprint density at radius 1 is 1.35 bits per heavy atom. The third-order valence-electron chi connectivity index (χ3n) is 3.58. The summed E-state index contributed by atoms with van der Waals surface area (Å²) in [6.45, 7) is 1.58. The quantitative estimate of drug-likeness (QED) is 0.814. The monoisotopic (exact) mass is 315 g/mol. The highest BCUT2D eigenvalue weighted by Gasteiger charge is 2.32. The molecule has 1 heterocycles. The largest absolute Gasteiger partial charge is 0.443 e. The second-order valence-electron chi connectivity index (χ2n) is 5.49. The van der Waals surface area contributed by atoms with Crippen molar-refractivity contribution in [1.82, 2.24) is 10.5 Å². The maximum absolute atomic E-state index is 12.4. The number of anilines is 1. The van der Waals surface area contributed by atoms with Crippen LogP contribution in [0.3, 0.4) is 0 Å². The van der Waals surface area contributed by atoms with Gasteiger partial charge in [-0.25, -0.2) is 4.79 Å². The van der Waals surface area contributed by atoms with Crippen LogP contribution in [0.15, 0.2) is 34.9 Å². The van der Waals surface area contributed by atoms with Crippen molar-refractivity contribution in [3.63, 3.8) is 0 Å². The molecule has 0 aliphatic heterocycles. The standard InChI is InChI=1S/C16H17N3O4/c1-9-12(14(17)23-19-9)16(21)22-13(10-5-3-2-4-6-10)15(20)18-11-7-8-11/h2-6,11,13H,7-8,17H2,1H3,(H,18,20)/t13-/m0/s1. The predicted molar refractivity (Wildman–Crippen MR) is 81.4 cm³/mol. The number of amides is 1. The normalized spacial score (nSPS) is 15.0. The van der Waals surface area contributed by atoms with Crippen LogP contribution in [0.1, 0.15) is 40.6 Å². The first kappa shape index (κ1) is 15.1. The SMILES string of the molecule is Cc1noc(N)c1C(=O)O[C@H](C(=O)NC1CC1)c1ccccc1. The van der Waals surface area contributed by atoms with E-state index in [1.165, 1.54) is 0 Å². The summed E-state index contributed by atoms with van der Waals surface area (Å²) < 4.78 is 10.2. The van der Waals surface area contributed by atoms with E-state index in [4.69, 9.17) is 15.0 Å². The molecule has 120 valence electrons. The Balaban J connectivity index is 1.83. The van der Waals surface area contributed by atoms with Crippen LogP contribution in [0.5, 0.6) is 0 Å². The van der Waals surface area contributed by atoms with Gasteiger partial charge >= 0.3 is 5.97 Å². The summed E-state index contributed by atoms with van der Waals surface area (Å²) in [7, 11) is 0. The zero-order valence-corrected chi connectivity index (χ0v) is 12.6. The molecule has 0 saturated heterocycles. The molecule has 3 rings (SSSR count). The Morgan fingerprint density at radius 2 is 2.04 bits per heavy atom. The number of nitrogens with two attached hydrogens (primary N) is 1. The van der Waals surface area contributed by atoms with Gasteiger partial charge < -0.3 is 20.3 Å². The van der Waals surface area contributed by atoms with E-state index in [-0.39, 0.29) is 23.4 Å². The molecule has 1 aromatic carbocycles. The van der Waals surface area contributed by atoms with Crippen LogP contribution < -0.4 is 11.1 Å². The maximum Gasteiger partial charge on any atom is 0.346 e. The first-order chi connectivity index (χ1) is 11.1. The highest BCUT2D eigenvalue weighted by Crippen LogP contribution is 2.25. The Labute approximate surface area is 132 Å². The number of aryl methyl sites for hydroxylation is 1. The summed E-state index contributed by atoms with van der Waals surface area (Å²) in [5.74, 6) is -1.21. The lowest BCUT2D eigenvalue weighted by atomic mass is 10.1. The number of rotatable bonds is 5. The fraction of sp³-hybridized carbons (Fsp3) is 0.312. The first-order valence-corrected chi connectivity index (χ1v) is 7.34. The van der Waals surface area contributed by atoms with Gasteiger partial charge in [0.2, 0.25) is 12.0 Å². The van der Waals surface area contributed by atoms with Crippen LogP contribution in [0, 0.1) is 6.92 Å². The summed E-state index contributed by atoms with van der Waals surface area (Å²) in [5, 5.41) is 6.46. The van der Waals surface area contributed by atoms with Gasteiger partial charge in [0.1, 0.15) is 5.56 Å². The van der Waals surface area contributed by atoms with Crippen LogP contribution in [0.25, 0.3) is 0 Å². The maximum atomic E-state index is 12.4. The minimum atomic E-state index is -1.04. The number of ether oxygens (including phenoxy) is 1. The summed E-state index contributed by atoms with van der Waals surface area (Å²) in [6, 6.07) is 9.00. The van der Waals surface area contributed by atoms with Gasteiger partial charge in [0.25, 0.3) is 5.91 Å². The Hall–Kier alpha value is -2.83. The molecule has 1 atom stereocenters. The van der Waals surface area contributed by atoms with Gasteiger partial charge in [-0.3, -0.25) is 4.79 Å². The van der Waals surface area contributed by atoms with Crippen LogP contribution in [0.2, 0.25) is 0 Å².